The van der Waals surface area contributed by atoms with Gasteiger partial charge in [0.25, 0.3) is 10.0 Å². The maximum atomic E-state index is 13.5. The van der Waals surface area contributed by atoms with E-state index in [1.54, 1.807) is 0 Å². The summed E-state index contributed by atoms with van der Waals surface area (Å²) in [6.45, 7) is 0. The molecule has 0 radical (unpaired) electrons. The molecule has 0 heterocycles. The van der Waals surface area contributed by atoms with Crippen LogP contribution >= 0.6 is 23.2 Å². The van der Waals surface area contributed by atoms with E-state index in [0.29, 0.717) is 12.1 Å². The first-order valence-electron chi connectivity index (χ1n) is 5.43. The Kier molecular flexibility index (Phi) is 4.27. The summed E-state index contributed by atoms with van der Waals surface area (Å²) in [5, 5.41) is 0.0554. The lowest BCUT2D eigenvalue weighted by Gasteiger charge is -2.11. The largest absolute Gasteiger partial charge is 0.396 e. The molecule has 21 heavy (non-hydrogen) atoms. The molecule has 4 nitrogen and oxygen atoms in total. The molecule has 0 unspecified atom stereocenters. The van der Waals surface area contributed by atoms with Crippen LogP contribution in [0, 0.1) is 11.6 Å². The van der Waals surface area contributed by atoms with Crippen LogP contribution < -0.4 is 10.5 Å². The highest BCUT2D eigenvalue weighted by molar-refractivity contribution is 7.92. The van der Waals surface area contributed by atoms with Crippen molar-refractivity contribution < 1.29 is 17.2 Å². The van der Waals surface area contributed by atoms with Gasteiger partial charge in [-0.25, -0.2) is 17.2 Å². The molecule has 0 atom stereocenters. The molecule has 0 fully saturated rings. The molecule has 0 saturated heterocycles. The van der Waals surface area contributed by atoms with Crippen molar-refractivity contribution in [3.05, 3.63) is 52.0 Å². The van der Waals surface area contributed by atoms with Gasteiger partial charge in [0, 0.05) is 0 Å². The van der Waals surface area contributed by atoms with Crippen molar-refractivity contribution >= 4 is 44.6 Å². The highest BCUT2D eigenvalue weighted by Gasteiger charge is 2.20. The molecule has 3 N–H and O–H groups in total. The van der Waals surface area contributed by atoms with Crippen LogP contribution in [0.15, 0.2) is 35.2 Å². The fourth-order valence-corrected chi connectivity index (χ4v) is 3.15. The summed E-state index contributed by atoms with van der Waals surface area (Å²) in [7, 11) is -4.34. The minimum atomic E-state index is -4.34. The van der Waals surface area contributed by atoms with Crippen LogP contribution in [0.5, 0.6) is 0 Å². The van der Waals surface area contributed by atoms with Gasteiger partial charge in [-0.15, -0.1) is 0 Å². The molecule has 0 aromatic heterocycles. The molecule has 2 rings (SSSR count). The zero-order chi connectivity index (χ0) is 15.8. The molecule has 0 aliphatic heterocycles. The van der Waals surface area contributed by atoms with E-state index in [9.17, 15) is 17.2 Å². The summed E-state index contributed by atoms with van der Waals surface area (Å²) < 4.78 is 52.8. The number of nitrogens with two attached hydrogens (primary N) is 1. The Bertz CT molecular complexity index is 790. The number of hydrogen-bond donors (Lipinski definition) is 2. The topological polar surface area (TPSA) is 72.2 Å². The predicted molar refractivity (Wildman–Crippen MR) is 78.0 cm³/mol. The van der Waals surface area contributed by atoms with Gasteiger partial charge in [0.15, 0.2) is 0 Å². The number of nitrogens with one attached hydrogen (secondary N) is 1. The maximum Gasteiger partial charge on any atom is 0.264 e. The van der Waals surface area contributed by atoms with Crippen LogP contribution in [0.2, 0.25) is 10.0 Å². The average molecular weight is 353 g/mol. The second-order valence-corrected chi connectivity index (χ2v) is 6.50. The molecule has 0 aliphatic rings. The third-order valence-corrected chi connectivity index (χ3v) is 4.54. The average Bonchev–Trinajstić information content (AvgIpc) is 2.38. The van der Waals surface area contributed by atoms with E-state index in [1.807, 2.05) is 0 Å². The first-order chi connectivity index (χ1) is 9.70. The Hall–Kier alpha value is -1.57. The molecule has 2 aromatic carbocycles. The Morgan fingerprint density at radius 2 is 1.62 bits per heavy atom. The fraction of sp³-hybridized carbons (Fsp3) is 0. The van der Waals surface area contributed by atoms with E-state index in [2.05, 4.69) is 4.72 Å². The summed E-state index contributed by atoms with van der Waals surface area (Å²) >= 11 is 11.5. The second-order valence-electron chi connectivity index (χ2n) is 4.03. The van der Waals surface area contributed by atoms with Gasteiger partial charge < -0.3 is 5.73 Å². The minimum Gasteiger partial charge on any atom is -0.396 e. The molecular formula is C12H8Cl2F2N2O2S. The lowest BCUT2D eigenvalue weighted by Crippen LogP contribution is -2.15. The molecule has 0 spiro atoms. The molecule has 112 valence electrons. The van der Waals surface area contributed by atoms with Crippen LogP contribution in [0.3, 0.4) is 0 Å². The van der Waals surface area contributed by atoms with Crippen LogP contribution in [-0.2, 0) is 10.0 Å². The van der Waals surface area contributed by atoms with Crippen LogP contribution in [0.1, 0.15) is 0 Å². The Morgan fingerprint density at radius 3 is 2.19 bits per heavy atom. The van der Waals surface area contributed by atoms with Crippen LogP contribution in [-0.4, -0.2) is 8.42 Å². The number of rotatable bonds is 3. The van der Waals surface area contributed by atoms with Gasteiger partial charge in [-0.05, 0) is 30.3 Å². The van der Waals surface area contributed by atoms with Crippen molar-refractivity contribution in [1.29, 1.82) is 0 Å². The van der Waals surface area contributed by atoms with Gasteiger partial charge in [-0.2, -0.15) is 0 Å². The molecule has 0 aliphatic carbocycles. The lowest BCUT2D eigenvalue weighted by molar-refractivity contribution is 0.555. The molecule has 0 bridgehead atoms. The smallest absolute Gasteiger partial charge is 0.264 e. The summed E-state index contributed by atoms with van der Waals surface area (Å²) in [6.07, 6.45) is 0. The van der Waals surface area contributed by atoms with E-state index in [1.165, 1.54) is 12.1 Å². The van der Waals surface area contributed by atoms with E-state index in [0.717, 1.165) is 6.07 Å². The zero-order valence-electron chi connectivity index (χ0n) is 10.2. The van der Waals surface area contributed by atoms with Gasteiger partial charge in [-0.1, -0.05) is 23.2 Å². The summed E-state index contributed by atoms with van der Waals surface area (Å²) in [4.78, 5) is -0.827. The van der Waals surface area contributed by atoms with Gasteiger partial charge >= 0.3 is 0 Å². The van der Waals surface area contributed by atoms with Crippen molar-refractivity contribution in [1.82, 2.24) is 0 Å². The third kappa shape index (κ3) is 3.37. The number of sulfonamides is 1. The number of benzene rings is 2. The summed E-state index contributed by atoms with van der Waals surface area (Å²) in [6, 6.07) is 4.51. The maximum absolute atomic E-state index is 13.5. The Labute approximate surface area is 129 Å². The van der Waals surface area contributed by atoms with E-state index in [-0.39, 0.29) is 21.4 Å². The van der Waals surface area contributed by atoms with Gasteiger partial charge in [0.05, 0.1) is 21.4 Å². The highest BCUT2D eigenvalue weighted by atomic mass is 35.5. The number of hydrogen-bond acceptors (Lipinski definition) is 3. The highest BCUT2D eigenvalue weighted by Crippen LogP contribution is 2.32. The van der Waals surface area contributed by atoms with Crippen LogP contribution in [0.25, 0.3) is 0 Å². The normalized spacial score (nSPS) is 11.4. The third-order valence-electron chi connectivity index (χ3n) is 2.51. The van der Waals surface area contributed by atoms with E-state index in [4.69, 9.17) is 28.9 Å². The van der Waals surface area contributed by atoms with Gasteiger partial charge in [-0.3, -0.25) is 4.72 Å². The van der Waals surface area contributed by atoms with Crippen molar-refractivity contribution in [2.75, 3.05) is 10.5 Å². The van der Waals surface area contributed by atoms with Gasteiger partial charge in [0.1, 0.15) is 16.5 Å². The first-order valence-corrected chi connectivity index (χ1v) is 7.67. The minimum absolute atomic E-state index is 0.0251. The molecule has 0 saturated carbocycles. The van der Waals surface area contributed by atoms with E-state index >= 15 is 0 Å². The van der Waals surface area contributed by atoms with Crippen molar-refractivity contribution in [2.45, 2.75) is 4.90 Å². The number of anilines is 2. The zero-order valence-corrected chi connectivity index (χ0v) is 12.5. The van der Waals surface area contributed by atoms with E-state index < -0.39 is 26.6 Å². The quantitative estimate of drug-likeness (QED) is 0.828. The standard InChI is InChI=1S/C12H8Cl2F2N2O2S/c13-8-4-7(5-9(14)12(8)17)18-21(19,20)11-3-6(15)1-2-10(11)16/h1-5,18H,17H2. The lowest BCUT2D eigenvalue weighted by atomic mass is 10.3. The fourth-order valence-electron chi connectivity index (χ4n) is 1.54. The second kappa shape index (κ2) is 5.67. The summed E-state index contributed by atoms with van der Waals surface area (Å²) in [5.41, 5.74) is 5.58. The van der Waals surface area contributed by atoms with Gasteiger partial charge in [0.2, 0.25) is 0 Å². The summed E-state index contributed by atoms with van der Waals surface area (Å²) in [5.74, 6) is -1.97. The van der Waals surface area contributed by atoms with Crippen LogP contribution in [0.4, 0.5) is 20.2 Å². The number of halogens is 4. The SMILES string of the molecule is Nc1c(Cl)cc(NS(=O)(=O)c2cc(F)ccc2F)cc1Cl. The Morgan fingerprint density at radius 1 is 1.05 bits per heavy atom. The van der Waals surface area contributed by atoms with Crippen molar-refractivity contribution in [3.8, 4) is 0 Å². The Balaban J connectivity index is 2.45. The van der Waals surface area contributed by atoms with Crippen molar-refractivity contribution in [3.63, 3.8) is 0 Å². The van der Waals surface area contributed by atoms with Crippen molar-refractivity contribution in [2.24, 2.45) is 0 Å². The molecular weight excluding hydrogens is 345 g/mol. The molecule has 0 amide bonds. The molecule has 2 aromatic rings. The first kappa shape index (κ1) is 15.8. The number of nitrogen functional groups attached to an aromatic ring is 1. The molecule has 9 heteroatoms. The predicted octanol–water partition coefficient (Wildman–Crippen LogP) is 3.65. The monoisotopic (exact) mass is 352 g/mol.